The van der Waals surface area contributed by atoms with Gasteiger partial charge < -0.3 is 20.5 Å². The molecule has 1 atom stereocenters. The van der Waals surface area contributed by atoms with Crippen LogP contribution in [0.4, 0.5) is 0 Å². The van der Waals surface area contributed by atoms with E-state index in [1.165, 1.54) is 0 Å². The molecule has 1 saturated carbocycles. The second-order valence-electron chi connectivity index (χ2n) is 9.91. The summed E-state index contributed by atoms with van der Waals surface area (Å²) >= 11 is 0. The average molecular weight is 563 g/mol. The normalized spacial score (nSPS) is 14.4. The van der Waals surface area contributed by atoms with E-state index in [0.717, 1.165) is 42.5 Å². The van der Waals surface area contributed by atoms with E-state index in [1.807, 2.05) is 58.7 Å². The number of hydrazone groups is 1. The summed E-state index contributed by atoms with van der Waals surface area (Å²) in [6.07, 6.45) is 5.28. The number of aryl methyl sites for hydroxylation is 1. The first kappa shape index (κ1) is 29.4. The Morgan fingerprint density at radius 1 is 1.07 bits per heavy atom. The third-order valence-electron chi connectivity index (χ3n) is 7.17. The lowest BCUT2D eigenvalue weighted by atomic mass is 10.0. The first-order chi connectivity index (χ1) is 19.9. The molecule has 4 rings (SSSR count). The first-order valence-corrected chi connectivity index (χ1v) is 13.7. The maximum absolute atomic E-state index is 13.6. The lowest BCUT2D eigenvalue weighted by Crippen LogP contribution is -2.44. The summed E-state index contributed by atoms with van der Waals surface area (Å²) in [5, 5.41) is 13.8. The summed E-state index contributed by atoms with van der Waals surface area (Å²) in [6.45, 7) is 0. The van der Waals surface area contributed by atoms with Gasteiger partial charge in [-0.25, -0.2) is 11.4 Å². The van der Waals surface area contributed by atoms with E-state index >= 15 is 0 Å². The molecule has 12 nitrogen and oxygen atoms in total. The molecule has 41 heavy (non-hydrogen) atoms. The minimum Gasteiger partial charge on any atom is -0.496 e. The van der Waals surface area contributed by atoms with Crippen molar-refractivity contribution in [3.05, 3.63) is 65.9 Å². The van der Waals surface area contributed by atoms with Crippen molar-refractivity contribution in [3.63, 3.8) is 0 Å². The molecule has 0 aliphatic heterocycles. The summed E-state index contributed by atoms with van der Waals surface area (Å²) < 4.78 is 13.2. The van der Waals surface area contributed by atoms with E-state index in [0.29, 0.717) is 24.3 Å². The summed E-state index contributed by atoms with van der Waals surface area (Å²) in [7, 11) is 3.21. The van der Waals surface area contributed by atoms with Gasteiger partial charge >= 0.3 is 0 Å². The first-order valence-electron chi connectivity index (χ1n) is 13.7. The molecule has 2 amide bonds. The number of carbonyl (C=O) groups excluding carboxylic acids is 2. The van der Waals surface area contributed by atoms with Crippen LogP contribution in [-0.2, 0) is 11.2 Å². The Hall–Kier alpha value is -4.58. The van der Waals surface area contributed by atoms with Gasteiger partial charge in [-0.1, -0.05) is 49.2 Å². The fourth-order valence-corrected chi connectivity index (χ4v) is 5.21. The number of nitrogens with zero attached hydrogens (tertiary/aromatic N) is 3. The van der Waals surface area contributed by atoms with Crippen LogP contribution in [0.1, 0.15) is 60.6 Å². The number of methoxy groups -OCH3 is 2. The van der Waals surface area contributed by atoms with Crippen molar-refractivity contribution in [1.82, 2.24) is 25.9 Å². The number of amides is 2. The van der Waals surface area contributed by atoms with Crippen molar-refractivity contribution in [2.75, 3.05) is 14.2 Å². The predicted molar refractivity (Wildman–Crippen MR) is 156 cm³/mol. The molecule has 7 N–H and O–H groups in total. The molecule has 1 aliphatic carbocycles. The van der Waals surface area contributed by atoms with Crippen LogP contribution in [-0.4, -0.2) is 47.8 Å². The molecule has 0 saturated heterocycles. The molecule has 1 unspecified atom stereocenters. The molecular weight excluding hydrogens is 524 g/mol. The number of hydrogen-bond donors (Lipinski definition) is 5. The fourth-order valence-electron chi connectivity index (χ4n) is 5.21. The Labute approximate surface area is 239 Å². The van der Waals surface area contributed by atoms with E-state index < -0.39 is 11.9 Å². The van der Waals surface area contributed by atoms with E-state index in [2.05, 4.69) is 15.7 Å². The molecule has 0 spiro atoms. The van der Waals surface area contributed by atoms with Gasteiger partial charge in [0.1, 0.15) is 11.5 Å². The van der Waals surface area contributed by atoms with Gasteiger partial charge in [0.15, 0.2) is 5.69 Å². The number of guanidine groups is 1. The summed E-state index contributed by atoms with van der Waals surface area (Å²) in [6, 6.07) is 16.9. The van der Waals surface area contributed by atoms with Crippen LogP contribution >= 0.6 is 0 Å². The molecule has 1 aliphatic rings. The standard InChI is InChI=1S/C29H38N8O4/c1-40-24-13-8-14-25(41-2)27(24)23-18-22(35-37(23)21-11-6-7-12-21)28(39)32-20(16-15-19-9-4-3-5-10-19)17-26(38)33-29(30)34-36-31/h3-5,8-10,13-14,18,20-21,36H,6-7,11-12,15-17,31H2,1-2H3,(H,32,39)(H3,30,33,34,38). The summed E-state index contributed by atoms with van der Waals surface area (Å²) in [4.78, 5) is 26.3. The highest BCUT2D eigenvalue weighted by Crippen LogP contribution is 2.41. The third kappa shape index (κ3) is 7.54. The van der Waals surface area contributed by atoms with E-state index in [-0.39, 0.29) is 30.0 Å². The monoisotopic (exact) mass is 562 g/mol. The molecule has 1 aromatic heterocycles. The van der Waals surface area contributed by atoms with E-state index in [9.17, 15) is 9.59 Å². The molecule has 2 aromatic carbocycles. The second-order valence-corrected chi connectivity index (χ2v) is 9.91. The Bertz CT molecular complexity index is 1330. The van der Waals surface area contributed by atoms with E-state index in [1.54, 1.807) is 20.3 Å². The number of hydrazine groups is 1. The SMILES string of the molecule is COc1cccc(OC)c1-c1cc(C(=O)NC(CCc2ccccc2)CC(=O)N/C(N)=N/NN)nn1C1CCCC1. The minimum atomic E-state index is -0.498. The lowest BCUT2D eigenvalue weighted by molar-refractivity contribution is -0.120. The Balaban J connectivity index is 1.62. The average Bonchev–Trinajstić information content (AvgIpc) is 3.66. The molecule has 0 radical (unpaired) electrons. The zero-order chi connectivity index (χ0) is 29.2. The summed E-state index contributed by atoms with van der Waals surface area (Å²) in [5.74, 6) is 5.43. The number of benzene rings is 2. The zero-order valence-corrected chi connectivity index (χ0v) is 23.4. The van der Waals surface area contributed by atoms with Crippen molar-refractivity contribution in [2.45, 2.75) is 57.0 Å². The van der Waals surface area contributed by atoms with Crippen LogP contribution in [0, 0.1) is 0 Å². The number of rotatable bonds is 12. The third-order valence-corrected chi connectivity index (χ3v) is 7.17. The van der Waals surface area contributed by atoms with Gasteiger partial charge in [-0.05, 0) is 49.4 Å². The fraction of sp³-hybridized carbons (Fsp3) is 0.379. The Morgan fingerprint density at radius 3 is 2.39 bits per heavy atom. The van der Waals surface area contributed by atoms with Crippen molar-refractivity contribution < 1.29 is 19.1 Å². The maximum atomic E-state index is 13.6. The van der Waals surface area contributed by atoms with Gasteiger partial charge in [0.05, 0.1) is 31.5 Å². The highest BCUT2D eigenvalue weighted by atomic mass is 16.5. The number of nitrogens with two attached hydrogens (primary N) is 2. The molecule has 3 aromatic rings. The van der Waals surface area contributed by atoms with Gasteiger partial charge in [-0.2, -0.15) is 5.10 Å². The highest BCUT2D eigenvalue weighted by molar-refractivity contribution is 5.97. The van der Waals surface area contributed by atoms with Crippen molar-refractivity contribution in [3.8, 4) is 22.8 Å². The zero-order valence-electron chi connectivity index (χ0n) is 23.4. The van der Waals surface area contributed by atoms with Crippen LogP contribution in [0.2, 0.25) is 0 Å². The summed E-state index contributed by atoms with van der Waals surface area (Å²) in [5.41, 5.74) is 10.5. The van der Waals surface area contributed by atoms with Crippen LogP contribution < -0.4 is 37.2 Å². The van der Waals surface area contributed by atoms with Gasteiger partial charge in [0, 0.05) is 12.5 Å². The van der Waals surface area contributed by atoms with Crippen LogP contribution in [0.25, 0.3) is 11.3 Å². The van der Waals surface area contributed by atoms with Crippen molar-refractivity contribution in [2.24, 2.45) is 16.7 Å². The second kappa shape index (κ2) is 14.2. The van der Waals surface area contributed by atoms with Crippen molar-refractivity contribution >= 4 is 17.8 Å². The van der Waals surface area contributed by atoms with Gasteiger partial charge in [0.2, 0.25) is 11.9 Å². The van der Waals surface area contributed by atoms with Gasteiger partial charge in [0.25, 0.3) is 5.91 Å². The van der Waals surface area contributed by atoms with Gasteiger partial charge in [-0.3, -0.25) is 19.6 Å². The molecule has 0 bridgehead atoms. The Morgan fingerprint density at radius 2 is 1.76 bits per heavy atom. The number of hydrogen-bond acceptors (Lipinski definition) is 8. The molecule has 1 heterocycles. The Kier molecular flexibility index (Phi) is 10.2. The van der Waals surface area contributed by atoms with Crippen LogP contribution in [0.5, 0.6) is 11.5 Å². The van der Waals surface area contributed by atoms with Crippen LogP contribution in [0.3, 0.4) is 0 Å². The number of ether oxygens (including phenoxy) is 2. The lowest BCUT2D eigenvalue weighted by Gasteiger charge is -2.18. The topological polar surface area (TPSA) is 171 Å². The maximum Gasteiger partial charge on any atom is 0.272 e. The quantitative estimate of drug-likeness (QED) is 0.0970. The molecular formula is C29H38N8O4. The number of carbonyl (C=O) groups is 2. The highest BCUT2D eigenvalue weighted by Gasteiger charge is 2.28. The number of aromatic nitrogens is 2. The molecule has 218 valence electrons. The number of nitrogens with one attached hydrogen (secondary N) is 3. The van der Waals surface area contributed by atoms with E-state index in [4.69, 9.17) is 26.1 Å². The smallest absolute Gasteiger partial charge is 0.272 e. The molecule has 1 fully saturated rings. The van der Waals surface area contributed by atoms with Crippen molar-refractivity contribution in [1.29, 1.82) is 0 Å². The predicted octanol–water partition coefficient (Wildman–Crippen LogP) is 2.61. The minimum absolute atomic E-state index is 0.0180. The van der Waals surface area contributed by atoms with Gasteiger partial charge in [-0.15, -0.1) is 5.10 Å². The van der Waals surface area contributed by atoms with Crippen LogP contribution in [0.15, 0.2) is 59.7 Å². The molecule has 12 heteroatoms. The largest absolute Gasteiger partial charge is 0.496 e.